The molecule has 2 amide bonds. The molecule has 0 radical (unpaired) electrons. The first kappa shape index (κ1) is 23.8. The molecule has 172 valence electrons. The topological polar surface area (TPSA) is 67.4 Å². The lowest BCUT2D eigenvalue weighted by Gasteiger charge is -2.34. The van der Waals surface area contributed by atoms with Crippen molar-refractivity contribution in [1.29, 1.82) is 0 Å². The van der Waals surface area contributed by atoms with Gasteiger partial charge in [0.15, 0.2) is 0 Å². The molecule has 3 rings (SSSR count). The van der Waals surface area contributed by atoms with E-state index in [0.717, 1.165) is 24.3 Å². The van der Waals surface area contributed by atoms with Crippen LogP contribution in [0.25, 0.3) is 0 Å². The Morgan fingerprint density at radius 3 is 2.41 bits per heavy atom. The molecule has 3 atom stereocenters. The predicted octanol–water partition coefficient (Wildman–Crippen LogP) is 5.36. The molecular formula is C27H36N2O3. The van der Waals surface area contributed by atoms with Crippen LogP contribution in [0.2, 0.25) is 0 Å². The van der Waals surface area contributed by atoms with E-state index < -0.39 is 0 Å². The smallest absolute Gasteiger partial charge is 0.224 e. The molecule has 5 nitrogen and oxygen atoms in total. The molecule has 2 aromatic carbocycles. The third-order valence-electron chi connectivity index (χ3n) is 6.50. The maximum Gasteiger partial charge on any atom is 0.224 e. The van der Waals surface area contributed by atoms with Crippen molar-refractivity contribution in [2.45, 2.75) is 64.8 Å². The van der Waals surface area contributed by atoms with Crippen LogP contribution in [0.4, 0.5) is 5.69 Å². The summed E-state index contributed by atoms with van der Waals surface area (Å²) in [5.74, 6) is 1.93. The minimum Gasteiger partial charge on any atom is -0.493 e. The highest BCUT2D eigenvalue weighted by Gasteiger charge is 2.27. The summed E-state index contributed by atoms with van der Waals surface area (Å²) in [4.78, 5) is 24.5. The van der Waals surface area contributed by atoms with E-state index in [1.165, 1.54) is 18.4 Å². The van der Waals surface area contributed by atoms with Crippen molar-refractivity contribution >= 4 is 17.5 Å². The predicted molar refractivity (Wildman–Crippen MR) is 129 cm³/mol. The van der Waals surface area contributed by atoms with Crippen molar-refractivity contribution in [3.63, 3.8) is 0 Å². The monoisotopic (exact) mass is 436 g/mol. The zero-order valence-electron chi connectivity index (χ0n) is 19.3. The minimum atomic E-state index is -0.0739. The van der Waals surface area contributed by atoms with Crippen LogP contribution in [0.15, 0.2) is 54.6 Å². The lowest BCUT2D eigenvalue weighted by molar-refractivity contribution is -0.122. The Labute approximate surface area is 191 Å². The van der Waals surface area contributed by atoms with Gasteiger partial charge in [0.25, 0.3) is 0 Å². The molecule has 2 aromatic rings. The van der Waals surface area contributed by atoms with Crippen LogP contribution in [0.5, 0.6) is 5.75 Å². The first-order valence-electron chi connectivity index (χ1n) is 11.9. The van der Waals surface area contributed by atoms with Crippen LogP contribution in [-0.4, -0.2) is 24.5 Å². The molecule has 0 aliphatic heterocycles. The summed E-state index contributed by atoms with van der Waals surface area (Å²) in [7, 11) is 0. The lowest BCUT2D eigenvalue weighted by Crippen LogP contribution is -2.43. The van der Waals surface area contributed by atoms with Gasteiger partial charge in [-0.05, 0) is 54.5 Å². The minimum absolute atomic E-state index is 0.0563. The number of nitrogens with one attached hydrogen (secondary N) is 2. The molecule has 1 fully saturated rings. The van der Waals surface area contributed by atoms with Crippen molar-refractivity contribution < 1.29 is 14.3 Å². The van der Waals surface area contributed by atoms with Gasteiger partial charge in [-0.1, -0.05) is 57.0 Å². The number of carbonyl (C=O) groups excluding carboxylic acids is 2. The second-order valence-corrected chi connectivity index (χ2v) is 8.95. The highest BCUT2D eigenvalue weighted by Crippen LogP contribution is 2.29. The van der Waals surface area contributed by atoms with E-state index in [9.17, 15) is 9.59 Å². The summed E-state index contributed by atoms with van der Waals surface area (Å²) in [6.45, 7) is 5.09. The van der Waals surface area contributed by atoms with E-state index in [1.54, 1.807) is 0 Å². The van der Waals surface area contributed by atoms with E-state index >= 15 is 0 Å². The highest BCUT2D eigenvalue weighted by molar-refractivity contribution is 5.91. The molecular weight excluding hydrogens is 400 g/mol. The summed E-state index contributed by atoms with van der Waals surface area (Å²) in [5.41, 5.74) is 1.98. The molecule has 0 saturated heterocycles. The van der Waals surface area contributed by atoms with Gasteiger partial charge in [-0.25, -0.2) is 0 Å². The number of benzene rings is 2. The quantitative estimate of drug-likeness (QED) is 0.527. The average Bonchev–Trinajstić information content (AvgIpc) is 2.79. The van der Waals surface area contributed by atoms with E-state index in [0.29, 0.717) is 37.7 Å². The van der Waals surface area contributed by atoms with Gasteiger partial charge < -0.3 is 15.4 Å². The van der Waals surface area contributed by atoms with Gasteiger partial charge in [0, 0.05) is 31.0 Å². The molecule has 2 N–H and O–H groups in total. The van der Waals surface area contributed by atoms with Gasteiger partial charge in [0.05, 0.1) is 6.61 Å². The second-order valence-electron chi connectivity index (χ2n) is 8.95. The summed E-state index contributed by atoms with van der Waals surface area (Å²) < 4.78 is 5.78. The molecule has 0 spiro atoms. The number of hydrogen-bond donors (Lipinski definition) is 2. The Morgan fingerprint density at radius 2 is 1.66 bits per heavy atom. The van der Waals surface area contributed by atoms with Gasteiger partial charge >= 0.3 is 0 Å². The molecule has 1 saturated carbocycles. The Morgan fingerprint density at radius 1 is 0.938 bits per heavy atom. The number of carbonyl (C=O) groups is 2. The standard InChI is InChI=1S/C27H36N2O3/c1-20-8-6-11-25(21(20)2)29-27(31)13-7-12-26(30)28-23-14-16-24(17-15-23)32-19-18-22-9-4-3-5-10-22/h3-5,9-10,14-17,20-21,25H,6-8,11-13,18-19H2,1-2H3,(H,28,30)(H,29,31)/t20-,21-,25+/m1/s1. The fourth-order valence-corrected chi connectivity index (χ4v) is 4.26. The van der Waals surface area contributed by atoms with Gasteiger partial charge in [0.1, 0.15) is 5.75 Å². The first-order valence-corrected chi connectivity index (χ1v) is 11.9. The fourth-order valence-electron chi connectivity index (χ4n) is 4.26. The molecule has 32 heavy (non-hydrogen) atoms. The summed E-state index contributed by atoms with van der Waals surface area (Å²) in [5, 5.41) is 6.06. The van der Waals surface area contributed by atoms with Gasteiger partial charge in [-0.15, -0.1) is 0 Å². The Bertz CT molecular complexity index is 851. The first-order chi connectivity index (χ1) is 15.5. The third-order valence-corrected chi connectivity index (χ3v) is 6.50. The largest absolute Gasteiger partial charge is 0.493 e. The molecule has 0 heterocycles. The normalized spacial score (nSPS) is 20.4. The van der Waals surface area contributed by atoms with Crippen LogP contribution in [-0.2, 0) is 16.0 Å². The van der Waals surface area contributed by atoms with E-state index in [1.807, 2.05) is 42.5 Å². The molecule has 0 unspecified atom stereocenters. The van der Waals surface area contributed by atoms with Crippen LogP contribution in [0, 0.1) is 11.8 Å². The van der Waals surface area contributed by atoms with Crippen molar-refractivity contribution in [2.75, 3.05) is 11.9 Å². The Balaban J connectivity index is 1.32. The van der Waals surface area contributed by atoms with Crippen LogP contribution >= 0.6 is 0 Å². The average molecular weight is 437 g/mol. The number of ether oxygens (including phenoxy) is 1. The summed E-state index contributed by atoms with van der Waals surface area (Å²) in [6.07, 6.45) is 5.60. The van der Waals surface area contributed by atoms with Crippen molar-refractivity contribution in [3.05, 3.63) is 60.2 Å². The Hall–Kier alpha value is -2.82. The van der Waals surface area contributed by atoms with Crippen LogP contribution in [0.3, 0.4) is 0 Å². The lowest BCUT2D eigenvalue weighted by atomic mass is 9.78. The number of hydrogen-bond acceptors (Lipinski definition) is 3. The van der Waals surface area contributed by atoms with Crippen molar-refractivity contribution in [2.24, 2.45) is 11.8 Å². The second kappa shape index (κ2) is 12.3. The van der Waals surface area contributed by atoms with Gasteiger partial charge in [0.2, 0.25) is 11.8 Å². The third kappa shape index (κ3) is 7.70. The number of amides is 2. The fraction of sp³-hybridized carbons (Fsp3) is 0.481. The maximum atomic E-state index is 12.3. The zero-order chi connectivity index (χ0) is 22.8. The van der Waals surface area contributed by atoms with E-state index in [2.05, 4.69) is 36.6 Å². The summed E-state index contributed by atoms with van der Waals surface area (Å²) in [6, 6.07) is 17.9. The molecule has 0 bridgehead atoms. The maximum absolute atomic E-state index is 12.3. The van der Waals surface area contributed by atoms with Crippen LogP contribution in [0.1, 0.15) is 57.9 Å². The number of rotatable bonds is 10. The number of anilines is 1. The molecule has 1 aliphatic carbocycles. The van der Waals surface area contributed by atoms with Gasteiger partial charge in [-0.3, -0.25) is 9.59 Å². The van der Waals surface area contributed by atoms with Crippen molar-refractivity contribution in [1.82, 2.24) is 5.32 Å². The molecule has 0 aromatic heterocycles. The van der Waals surface area contributed by atoms with E-state index in [-0.39, 0.29) is 17.9 Å². The summed E-state index contributed by atoms with van der Waals surface area (Å²) >= 11 is 0. The molecule has 1 aliphatic rings. The SMILES string of the molecule is C[C@@H]1[C@H](C)CCC[C@@H]1NC(=O)CCCC(=O)Nc1ccc(OCCc2ccccc2)cc1. The Kier molecular flexibility index (Phi) is 9.14. The van der Waals surface area contributed by atoms with E-state index in [4.69, 9.17) is 4.74 Å². The highest BCUT2D eigenvalue weighted by atomic mass is 16.5. The van der Waals surface area contributed by atoms with Crippen LogP contribution < -0.4 is 15.4 Å². The zero-order valence-corrected chi connectivity index (χ0v) is 19.3. The van der Waals surface area contributed by atoms with Gasteiger partial charge in [-0.2, -0.15) is 0 Å². The molecule has 5 heteroatoms. The van der Waals surface area contributed by atoms with Crippen molar-refractivity contribution in [3.8, 4) is 5.75 Å².